The Balaban J connectivity index is 0.000000169. The highest BCUT2D eigenvalue weighted by Crippen LogP contribution is 2.36. The summed E-state index contributed by atoms with van der Waals surface area (Å²) < 4.78 is 5.66. The first-order valence-electron chi connectivity index (χ1n) is 13.8. The fraction of sp³-hybridized carbons (Fsp3) is 0.484. The minimum absolute atomic E-state index is 0. The highest BCUT2D eigenvalue weighted by Gasteiger charge is 2.25. The van der Waals surface area contributed by atoms with Crippen LogP contribution in [0.5, 0.6) is 5.75 Å². The summed E-state index contributed by atoms with van der Waals surface area (Å²) in [5, 5.41) is 4.09. The maximum absolute atomic E-state index is 12.4. The Morgan fingerprint density at radius 2 is 1.83 bits per heavy atom. The Hall–Kier alpha value is -2.92. The molecule has 3 aliphatic rings. The van der Waals surface area contributed by atoms with Crippen molar-refractivity contribution in [3.63, 3.8) is 0 Å². The molecule has 5 nitrogen and oxygen atoms in total. The lowest BCUT2D eigenvalue weighted by Crippen LogP contribution is -2.36. The lowest BCUT2D eigenvalue weighted by atomic mass is 9.86. The number of piperidine rings is 1. The summed E-state index contributed by atoms with van der Waals surface area (Å²) in [6.07, 6.45) is 11.4. The van der Waals surface area contributed by atoms with Crippen LogP contribution in [0.3, 0.4) is 0 Å². The number of benzene rings is 2. The van der Waals surface area contributed by atoms with E-state index in [2.05, 4.69) is 40.3 Å². The van der Waals surface area contributed by atoms with E-state index in [1.165, 1.54) is 57.3 Å². The molecule has 1 saturated heterocycles. The summed E-state index contributed by atoms with van der Waals surface area (Å²) in [7, 11) is 0. The second-order valence-corrected chi connectivity index (χ2v) is 10.3. The number of aromatic nitrogens is 1. The van der Waals surface area contributed by atoms with Crippen molar-refractivity contribution in [2.75, 3.05) is 26.2 Å². The minimum atomic E-state index is 0. The number of hydrogen-bond donors (Lipinski definition) is 1. The van der Waals surface area contributed by atoms with Crippen molar-refractivity contribution < 1.29 is 11.0 Å². The van der Waals surface area contributed by atoms with Gasteiger partial charge in [0.1, 0.15) is 5.75 Å². The summed E-state index contributed by atoms with van der Waals surface area (Å²) in [6.45, 7) is 6.84. The molecule has 1 saturated carbocycles. The zero-order valence-corrected chi connectivity index (χ0v) is 21.5. The van der Waals surface area contributed by atoms with E-state index in [1.54, 1.807) is 17.8 Å². The van der Waals surface area contributed by atoms with Gasteiger partial charge in [0.15, 0.2) is 0 Å². The number of para-hydroxylation sites is 1. The molecule has 3 heterocycles. The minimum Gasteiger partial charge on any atom is -0.493 e. The number of nitrogens with zero attached hydrogens (tertiary/aromatic N) is 2. The van der Waals surface area contributed by atoms with Gasteiger partial charge in [-0.25, -0.2) is 0 Å². The Labute approximate surface area is 216 Å². The zero-order chi connectivity index (χ0) is 24.7. The van der Waals surface area contributed by atoms with Crippen LogP contribution in [-0.4, -0.2) is 48.1 Å². The normalized spacial score (nSPS) is 18.7. The van der Waals surface area contributed by atoms with Crippen molar-refractivity contribution in [3.05, 3.63) is 71.4 Å². The quantitative estimate of drug-likeness (QED) is 0.465. The van der Waals surface area contributed by atoms with Crippen molar-refractivity contribution in [1.29, 1.82) is 0 Å². The first kappa shape index (κ1) is 24.8. The molecule has 1 N–H and O–H groups in total. The first-order chi connectivity index (χ1) is 17.7. The third-order valence-electron chi connectivity index (χ3n) is 8.09. The second kappa shape index (κ2) is 11.9. The van der Waals surface area contributed by atoms with Gasteiger partial charge in [-0.15, -0.1) is 0 Å². The van der Waals surface area contributed by atoms with Crippen molar-refractivity contribution in [1.82, 2.24) is 15.2 Å². The zero-order valence-electron chi connectivity index (χ0n) is 21.5. The third kappa shape index (κ3) is 5.73. The lowest BCUT2D eigenvalue weighted by molar-refractivity contribution is 0.0929. The number of nitrogens with one attached hydrogen (secondary N) is 1. The molecular formula is C31H41N3O2. The van der Waals surface area contributed by atoms with Crippen LogP contribution in [0.4, 0.5) is 0 Å². The summed E-state index contributed by atoms with van der Waals surface area (Å²) in [5.74, 6) is 1.93. The smallest absolute Gasteiger partial charge is 0.252 e. The van der Waals surface area contributed by atoms with Crippen LogP contribution in [0.2, 0.25) is 0 Å². The summed E-state index contributed by atoms with van der Waals surface area (Å²) >= 11 is 0. The Morgan fingerprint density at radius 3 is 2.64 bits per heavy atom. The number of fused-ring (bicyclic) bond motifs is 2. The molecule has 5 heteroatoms. The van der Waals surface area contributed by atoms with Crippen LogP contribution in [-0.2, 0) is 6.42 Å². The summed E-state index contributed by atoms with van der Waals surface area (Å²) in [5.41, 5.74) is 4.66. The molecule has 0 spiro atoms. The molecule has 1 amide bonds. The van der Waals surface area contributed by atoms with E-state index in [1.807, 2.05) is 24.3 Å². The predicted octanol–water partition coefficient (Wildman–Crippen LogP) is 6.36. The van der Waals surface area contributed by atoms with Crippen LogP contribution < -0.4 is 10.1 Å². The molecule has 6 rings (SSSR count). The van der Waals surface area contributed by atoms with E-state index in [0.717, 1.165) is 54.0 Å². The fourth-order valence-electron chi connectivity index (χ4n) is 6.00. The van der Waals surface area contributed by atoms with Gasteiger partial charge in [0, 0.05) is 31.0 Å². The molecule has 0 radical (unpaired) electrons. The fourth-order valence-corrected chi connectivity index (χ4v) is 6.00. The van der Waals surface area contributed by atoms with E-state index in [4.69, 9.17) is 4.74 Å². The molecule has 3 aromatic rings. The molecular weight excluding hydrogens is 446 g/mol. The lowest BCUT2D eigenvalue weighted by Gasteiger charge is -2.32. The number of rotatable bonds is 4. The van der Waals surface area contributed by atoms with Crippen molar-refractivity contribution in [2.24, 2.45) is 0 Å². The average Bonchev–Trinajstić information content (AvgIpc) is 3.43. The van der Waals surface area contributed by atoms with Crippen molar-refractivity contribution in [2.45, 2.75) is 70.3 Å². The third-order valence-corrected chi connectivity index (χ3v) is 8.09. The van der Waals surface area contributed by atoms with Crippen LogP contribution >= 0.6 is 0 Å². The largest absolute Gasteiger partial charge is 0.493 e. The van der Waals surface area contributed by atoms with Gasteiger partial charge in [0.2, 0.25) is 0 Å². The second-order valence-electron chi connectivity index (χ2n) is 10.3. The van der Waals surface area contributed by atoms with Gasteiger partial charge in [0.25, 0.3) is 5.91 Å². The Bertz CT molecular complexity index is 1160. The van der Waals surface area contributed by atoms with E-state index in [0.29, 0.717) is 6.04 Å². The molecule has 1 aromatic heterocycles. The Kier molecular flexibility index (Phi) is 8.17. The van der Waals surface area contributed by atoms with Gasteiger partial charge in [-0.05, 0) is 75.0 Å². The predicted molar refractivity (Wildman–Crippen MR) is 148 cm³/mol. The van der Waals surface area contributed by atoms with Crippen molar-refractivity contribution in [3.8, 4) is 5.75 Å². The highest BCUT2D eigenvalue weighted by atomic mass is 16.5. The molecule has 2 fully saturated rings. The van der Waals surface area contributed by atoms with E-state index >= 15 is 0 Å². The van der Waals surface area contributed by atoms with Crippen LogP contribution in [0.1, 0.15) is 80.7 Å². The van der Waals surface area contributed by atoms with Gasteiger partial charge < -0.3 is 15.0 Å². The molecule has 2 aromatic carbocycles. The van der Waals surface area contributed by atoms with Crippen LogP contribution in [0, 0.1) is 0 Å². The van der Waals surface area contributed by atoms with Gasteiger partial charge in [-0.1, -0.05) is 56.5 Å². The maximum atomic E-state index is 12.4. The molecule has 192 valence electrons. The number of hydrogen-bond acceptors (Lipinski definition) is 4. The van der Waals surface area contributed by atoms with Gasteiger partial charge in [-0.3, -0.25) is 9.78 Å². The SMILES string of the molecule is CCN1CCC(c2cccc3c2CCO3)CC1.O=C(NC1CCCCC1)c1ccnc2ccccc12.[HH]. The van der Waals surface area contributed by atoms with Gasteiger partial charge in [0.05, 0.1) is 17.7 Å². The van der Waals surface area contributed by atoms with Crippen molar-refractivity contribution >= 4 is 16.8 Å². The van der Waals surface area contributed by atoms with Gasteiger partial charge >= 0.3 is 0 Å². The Morgan fingerprint density at radius 1 is 1.03 bits per heavy atom. The number of carbonyl (C=O) groups excluding carboxylic acids is 1. The number of amides is 1. The number of likely N-dealkylation sites (tertiary alicyclic amines) is 1. The van der Waals surface area contributed by atoms with E-state index < -0.39 is 0 Å². The molecule has 0 unspecified atom stereocenters. The average molecular weight is 488 g/mol. The van der Waals surface area contributed by atoms with Crippen LogP contribution in [0.25, 0.3) is 10.9 Å². The number of carbonyl (C=O) groups is 1. The van der Waals surface area contributed by atoms with Gasteiger partial charge in [-0.2, -0.15) is 0 Å². The molecule has 1 aliphatic carbocycles. The molecule has 36 heavy (non-hydrogen) atoms. The summed E-state index contributed by atoms with van der Waals surface area (Å²) in [4.78, 5) is 19.2. The molecule has 2 aliphatic heterocycles. The standard InChI is InChI=1S/C16H18N2O.C15H21NO.H2/c19-16(18-12-6-2-1-3-7-12)14-10-11-17-15-9-5-4-8-13(14)15;1-2-16-9-6-12(7-10-16)13-4-3-5-15-14(13)8-11-17-15;/h4-5,8-12H,1-3,6-7H2,(H,18,19);3-5,12H,2,6-11H2,1H3;1H. The monoisotopic (exact) mass is 487 g/mol. The van der Waals surface area contributed by atoms with Crippen LogP contribution in [0.15, 0.2) is 54.7 Å². The highest BCUT2D eigenvalue weighted by molar-refractivity contribution is 6.06. The molecule has 0 bridgehead atoms. The molecule has 0 atom stereocenters. The van der Waals surface area contributed by atoms with E-state index in [9.17, 15) is 4.79 Å². The maximum Gasteiger partial charge on any atom is 0.252 e. The topological polar surface area (TPSA) is 54.5 Å². The number of ether oxygens (including phenoxy) is 1. The van der Waals surface area contributed by atoms with E-state index in [-0.39, 0.29) is 7.33 Å². The first-order valence-corrected chi connectivity index (χ1v) is 13.8. The number of pyridine rings is 1. The summed E-state index contributed by atoms with van der Waals surface area (Å²) in [6, 6.07) is 16.5.